The first-order valence-electron chi connectivity index (χ1n) is 23.9. The molecule has 57 heavy (non-hydrogen) atoms. The van der Waals surface area contributed by atoms with Gasteiger partial charge in [-0.25, -0.2) is 4.79 Å². The molecule has 1 saturated carbocycles. The molecule has 5 nitrogen and oxygen atoms in total. The van der Waals surface area contributed by atoms with Gasteiger partial charge in [0.05, 0.1) is 12.2 Å². The van der Waals surface area contributed by atoms with Gasteiger partial charge in [-0.1, -0.05) is 170 Å². The van der Waals surface area contributed by atoms with Crippen molar-refractivity contribution < 1.29 is 19.0 Å². The van der Waals surface area contributed by atoms with Gasteiger partial charge >= 0.3 is 6.09 Å². The summed E-state index contributed by atoms with van der Waals surface area (Å²) in [6.45, 7) is 5.51. The molecule has 1 aliphatic carbocycles. The lowest BCUT2D eigenvalue weighted by Gasteiger charge is -2.30. The molecule has 0 N–H and O–H groups in total. The van der Waals surface area contributed by atoms with Crippen LogP contribution >= 0.6 is 0 Å². The number of rotatable bonds is 34. The summed E-state index contributed by atoms with van der Waals surface area (Å²) in [5, 5.41) is 0. The first-order chi connectivity index (χ1) is 28.0. The predicted octanol–water partition coefficient (Wildman–Crippen LogP) is 15.6. The SMILES string of the molecule is CCCCC/C=C\C/C=C\CCCCCCCCC1(CCCCCCCC/C=C\C/C=C\CCCCC)O[C@H]2C[C@H](CN(C)C(=O)OCc3ccccc3)C[C@H]2O1. The number of carbonyl (C=O) groups excluding carboxylic acids is 1. The van der Waals surface area contributed by atoms with Crippen molar-refractivity contribution in [2.45, 2.75) is 218 Å². The molecule has 0 radical (unpaired) electrons. The number of allylic oxidation sites excluding steroid dienone is 8. The molecule has 1 aromatic carbocycles. The summed E-state index contributed by atoms with van der Waals surface area (Å²) < 4.78 is 19.4. The Morgan fingerprint density at radius 1 is 0.614 bits per heavy atom. The van der Waals surface area contributed by atoms with E-state index in [0.717, 1.165) is 44.1 Å². The van der Waals surface area contributed by atoms with Gasteiger partial charge in [0.1, 0.15) is 6.61 Å². The van der Waals surface area contributed by atoms with Crippen LogP contribution in [0.2, 0.25) is 0 Å². The molecule has 5 heteroatoms. The molecule has 2 aliphatic rings. The summed E-state index contributed by atoms with van der Waals surface area (Å²) in [6.07, 6.45) is 53.0. The van der Waals surface area contributed by atoms with Crippen LogP contribution in [0.1, 0.15) is 199 Å². The first kappa shape index (κ1) is 48.7. The smallest absolute Gasteiger partial charge is 0.409 e. The van der Waals surface area contributed by atoms with Gasteiger partial charge in [-0.3, -0.25) is 0 Å². The number of fused-ring (bicyclic) bond motifs is 1. The Kier molecular flexibility index (Phi) is 27.6. The van der Waals surface area contributed by atoms with Crippen LogP contribution in [0.3, 0.4) is 0 Å². The van der Waals surface area contributed by atoms with Crippen molar-refractivity contribution in [1.82, 2.24) is 4.90 Å². The Hall–Kier alpha value is -2.63. The van der Waals surface area contributed by atoms with E-state index in [-0.39, 0.29) is 18.3 Å². The first-order valence-corrected chi connectivity index (χ1v) is 23.9. The molecule has 3 atom stereocenters. The maximum atomic E-state index is 12.7. The van der Waals surface area contributed by atoms with Gasteiger partial charge in [0.2, 0.25) is 0 Å². The fourth-order valence-corrected chi connectivity index (χ4v) is 8.45. The van der Waals surface area contributed by atoms with Gasteiger partial charge in [-0.05, 0) is 101 Å². The third kappa shape index (κ3) is 22.9. The number of hydrogen-bond donors (Lipinski definition) is 0. The molecule has 1 amide bonds. The second-order valence-corrected chi connectivity index (χ2v) is 17.2. The van der Waals surface area contributed by atoms with Crippen molar-refractivity contribution >= 4 is 6.09 Å². The van der Waals surface area contributed by atoms with Gasteiger partial charge in [0, 0.05) is 26.4 Å². The van der Waals surface area contributed by atoms with E-state index in [1.165, 1.54) is 141 Å². The molecule has 1 aliphatic heterocycles. The zero-order valence-corrected chi connectivity index (χ0v) is 37.0. The van der Waals surface area contributed by atoms with Gasteiger partial charge in [-0.2, -0.15) is 0 Å². The number of hydrogen-bond acceptors (Lipinski definition) is 4. The topological polar surface area (TPSA) is 48.0 Å². The quantitative estimate of drug-likeness (QED) is 0.0516. The molecular formula is C52H85NO4. The average molecular weight is 788 g/mol. The summed E-state index contributed by atoms with van der Waals surface area (Å²) >= 11 is 0. The molecule has 322 valence electrons. The van der Waals surface area contributed by atoms with Gasteiger partial charge in [0.25, 0.3) is 0 Å². The fourth-order valence-electron chi connectivity index (χ4n) is 8.45. The van der Waals surface area contributed by atoms with Crippen molar-refractivity contribution in [3.63, 3.8) is 0 Å². The van der Waals surface area contributed by atoms with E-state index in [2.05, 4.69) is 62.5 Å². The highest BCUT2D eigenvalue weighted by molar-refractivity contribution is 5.67. The minimum absolute atomic E-state index is 0.137. The molecular weight excluding hydrogens is 703 g/mol. The number of carbonyl (C=O) groups is 1. The summed E-state index contributed by atoms with van der Waals surface area (Å²) in [7, 11) is 1.85. The zero-order valence-electron chi connectivity index (χ0n) is 37.0. The highest BCUT2D eigenvalue weighted by atomic mass is 16.8. The largest absolute Gasteiger partial charge is 0.445 e. The molecule has 3 rings (SSSR count). The molecule has 1 heterocycles. The van der Waals surface area contributed by atoms with Gasteiger partial charge in [0.15, 0.2) is 5.79 Å². The summed E-state index contributed by atoms with van der Waals surface area (Å²) in [4.78, 5) is 14.5. The lowest BCUT2D eigenvalue weighted by Crippen LogP contribution is -2.34. The van der Waals surface area contributed by atoms with E-state index in [1.54, 1.807) is 4.90 Å². The number of ether oxygens (including phenoxy) is 3. The third-order valence-electron chi connectivity index (χ3n) is 11.8. The molecule has 1 saturated heterocycles. The van der Waals surface area contributed by atoms with Crippen LogP contribution in [0.5, 0.6) is 0 Å². The van der Waals surface area contributed by atoms with Crippen molar-refractivity contribution in [2.75, 3.05) is 13.6 Å². The van der Waals surface area contributed by atoms with Crippen molar-refractivity contribution in [2.24, 2.45) is 5.92 Å². The lowest BCUT2D eigenvalue weighted by atomic mass is 9.98. The highest BCUT2D eigenvalue weighted by Gasteiger charge is 2.51. The van der Waals surface area contributed by atoms with E-state index >= 15 is 0 Å². The lowest BCUT2D eigenvalue weighted by molar-refractivity contribution is -0.193. The molecule has 2 fully saturated rings. The molecule has 1 aromatic rings. The summed E-state index contributed by atoms with van der Waals surface area (Å²) in [5.74, 6) is -0.0540. The number of amides is 1. The number of benzene rings is 1. The van der Waals surface area contributed by atoms with Crippen LogP contribution in [0.15, 0.2) is 78.9 Å². The van der Waals surface area contributed by atoms with Crippen LogP contribution in [0.4, 0.5) is 4.79 Å². The fraction of sp³-hybridized carbons (Fsp3) is 0.712. The van der Waals surface area contributed by atoms with E-state index in [4.69, 9.17) is 14.2 Å². The van der Waals surface area contributed by atoms with E-state index < -0.39 is 5.79 Å². The van der Waals surface area contributed by atoms with Gasteiger partial charge in [-0.15, -0.1) is 0 Å². The van der Waals surface area contributed by atoms with Crippen LogP contribution in [0.25, 0.3) is 0 Å². The minimum Gasteiger partial charge on any atom is -0.445 e. The summed E-state index contributed by atoms with van der Waals surface area (Å²) in [6, 6.07) is 9.89. The molecule has 0 bridgehead atoms. The Morgan fingerprint density at radius 2 is 1.04 bits per heavy atom. The zero-order chi connectivity index (χ0) is 40.5. The van der Waals surface area contributed by atoms with Gasteiger partial charge < -0.3 is 19.1 Å². The van der Waals surface area contributed by atoms with E-state index in [1.807, 2.05) is 37.4 Å². The predicted molar refractivity (Wildman–Crippen MR) is 242 cm³/mol. The molecule has 0 spiro atoms. The van der Waals surface area contributed by atoms with E-state index in [0.29, 0.717) is 19.1 Å². The standard InChI is InChI=1S/C52H85NO4/c1-4-6-8-10-12-14-16-18-20-22-24-26-28-30-32-37-41-52(42-38-33-31-29-27-25-23-21-19-17-15-13-11-9-7-5-2)56-49-43-48(44-50(49)57-52)45-53(3)51(54)55-46-47-39-35-34-36-40-47/h12-15,18-21,34-36,39-40,48-50H,4-11,16-17,22-33,37-38,41-46H2,1-3H3/b14-12-,15-13-,20-18-,21-19-/t48-,49-,50+. The Labute approximate surface area is 351 Å². The second-order valence-electron chi connectivity index (χ2n) is 17.2. The van der Waals surface area contributed by atoms with Crippen LogP contribution < -0.4 is 0 Å². The average Bonchev–Trinajstić information content (AvgIpc) is 3.75. The Morgan fingerprint density at radius 3 is 1.49 bits per heavy atom. The molecule has 0 unspecified atom stereocenters. The number of nitrogens with zero attached hydrogens (tertiary/aromatic N) is 1. The van der Waals surface area contributed by atoms with Crippen LogP contribution in [-0.4, -0.2) is 42.6 Å². The Bertz CT molecular complexity index is 1170. The minimum atomic E-state index is -0.425. The highest BCUT2D eigenvalue weighted by Crippen LogP contribution is 2.45. The second kappa shape index (κ2) is 32.2. The van der Waals surface area contributed by atoms with Crippen LogP contribution in [0, 0.1) is 5.92 Å². The van der Waals surface area contributed by atoms with Crippen LogP contribution in [-0.2, 0) is 20.8 Å². The van der Waals surface area contributed by atoms with Crippen molar-refractivity contribution in [1.29, 1.82) is 0 Å². The molecule has 0 aromatic heterocycles. The monoisotopic (exact) mass is 788 g/mol. The normalized spacial score (nSPS) is 19.2. The number of unbranched alkanes of at least 4 members (excludes halogenated alkanes) is 18. The maximum absolute atomic E-state index is 12.7. The van der Waals surface area contributed by atoms with Crippen molar-refractivity contribution in [3.05, 3.63) is 84.5 Å². The van der Waals surface area contributed by atoms with Crippen molar-refractivity contribution in [3.8, 4) is 0 Å². The Balaban J connectivity index is 1.33. The summed E-state index contributed by atoms with van der Waals surface area (Å²) in [5.41, 5.74) is 1.01. The van der Waals surface area contributed by atoms with E-state index in [9.17, 15) is 4.79 Å². The maximum Gasteiger partial charge on any atom is 0.409 e. The third-order valence-corrected chi connectivity index (χ3v) is 11.8.